The molecule has 6 saturated heterocycles. The first kappa shape index (κ1) is 77.7. The lowest BCUT2D eigenvalue weighted by atomic mass is 9.68. The first-order valence-electron chi connectivity index (χ1n) is 34.0. The van der Waals surface area contributed by atoms with Crippen LogP contribution in [0, 0.1) is 47.3 Å². The molecule has 0 radical (unpaired) electrons. The monoisotopic (exact) mass is 1360 g/mol. The summed E-state index contributed by atoms with van der Waals surface area (Å²) in [7, 11) is 10.9. The van der Waals surface area contributed by atoms with Crippen LogP contribution in [0.5, 0.6) is 0 Å². The van der Waals surface area contributed by atoms with Crippen LogP contribution in [0.25, 0.3) is 0 Å². The molecule has 26 heteroatoms. The van der Waals surface area contributed by atoms with Crippen molar-refractivity contribution < 1.29 is 108 Å². The van der Waals surface area contributed by atoms with E-state index in [1.165, 1.54) is 66.2 Å². The summed E-state index contributed by atoms with van der Waals surface area (Å²) in [5.74, 6) is -8.24. The minimum Gasteiger partial charge on any atom is -0.467 e. The van der Waals surface area contributed by atoms with E-state index >= 15 is 0 Å². The molecular weight excluding hydrogens is 1250 g/mol. The number of amides is 4. The lowest BCUT2D eigenvalue weighted by molar-refractivity contribution is -0.194. The Morgan fingerprint density at radius 2 is 0.698 bits per heavy atom. The number of esters is 4. The number of methoxy groups -OCH3 is 4. The van der Waals surface area contributed by atoms with Gasteiger partial charge in [-0.3, -0.25) is 19.2 Å². The Morgan fingerprint density at radius 3 is 0.927 bits per heavy atom. The summed E-state index contributed by atoms with van der Waals surface area (Å²) in [4.78, 5) is 107. The van der Waals surface area contributed by atoms with Crippen LogP contribution < -0.4 is 0 Å². The standard InChI is InChI=1S/2C18H27NO5.2C17H27NO6/c2*1-11-10-13-15(21)19(3)18(16(22)23-4,17(13,2)24-11)14(20)12-8-6-5-7-9-12;2*1-16(23)12(9-10-19)14(21)18(2)17(16,15(22)24-3)13(20)11-7-5-4-6-8-11/h2*6,8,11-14,20H,5,7,9-10H2,1-4H3;2*5,7,11-13,19-20,23H,4,6,8-10H2,1-3H3/t11?,12-,13+,14+,17+,18+;11?,12-,13+,14-,17+,18+;11-,12+,13+,16+,17+;11-,12+,13-,16+,17+/m1111/s1. The van der Waals surface area contributed by atoms with Crippen molar-refractivity contribution in [2.75, 3.05) is 69.8 Å². The maximum Gasteiger partial charge on any atom is 0.337 e. The van der Waals surface area contributed by atoms with Gasteiger partial charge in [0.15, 0.2) is 22.2 Å². The van der Waals surface area contributed by atoms with Gasteiger partial charge in [-0.25, -0.2) is 19.2 Å². The maximum atomic E-state index is 13.0. The highest BCUT2D eigenvalue weighted by Gasteiger charge is 2.79. The first-order valence-corrected chi connectivity index (χ1v) is 34.0. The first-order chi connectivity index (χ1) is 45.1. The van der Waals surface area contributed by atoms with Crippen LogP contribution in [-0.4, -0.2) is 259 Å². The van der Waals surface area contributed by atoms with Crippen molar-refractivity contribution in [2.45, 2.75) is 225 Å². The average Bonchev–Trinajstić information content (AvgIpc) is 1.59. The lowest BCUT2D eigenvalue weighted by Crippen LogP contribution is -2.70. The summed E-state index contributed by atoms with van der Waals surface area (Å²) in [6, 6.07) is 0. The van der Waals surface area contributed by atoms with Crippen LogP contribution in [0.15, 0.2) is 48.6 Å². The Kier molecular flexibility index (Phi) is 24.3. The predicted octanol–water partition coefficient (Wildman–Crippen LogP) is 2.22. The summed E-state index contributed by atoms with van der Waals surface area (Å²) in [5, 5.41) is 85.6. The number of aliphatic hydroxyl groups excluding tert-OH is 6. The number of rotatable bonds is 16. The molecule has 6 fully saturated rings. The number of nitrogens with zero attached hydrogens (tertiary/aromatic N) is 4. The molecular formula is C70H108N4O22. The molecule has 0 spiro atoms. The molecule has 8 N–H and O–H groups in total. The van der Waals surface area contributed by atoms with Crippen LogP contribution in [0.1, 0.15) is 144 Å². The van der Waals surface area contributed by atoms with E-state index in [2.05, 4.69) is 0 Å². The molecule has 0 bridgehead atoms. The number of hydrogen-bond donors (Lipinski definition) is 8. The molecule has 10 rings (SSSR count). The average molecular weight is 1360 g/mol. The summed E-state index contributed by atoms with van der Waals surface area (Å²) in [6.07, 6.45) is 21.7. The Morgan fingerprint density at radius 1 is 0.458 bits per heavy atom. The molecule has 0 aromatic carbocycles. The number of carbonyl (C=O) groups excluding carboxylic acids is 8. The molecule has 10 aliphatic rings. The third-order valence-corrected chi connectivity index (χ3v) is 23.7. The Hall–Kier alpha value is -5.68. The molecule has 2 unspecified atom stereocenters. The van der Waals surface area contributed by atoms with E-state index in [1.807, 2.05) is 62.5 Å². The van der Waals surface area contributed by atoms with Crippen molar-refractivity contribution in [1.82, 2.24) is 19.6 Å². The molecule has 26 nitrogen and oxygen atoms in total. The van der Waals surface area contributed by atoms with E-state index in [4.69, 9.17) is 28.4 Å². The normalized spacial score (nSPS) is 40.3. The molecule has 0 aromatic rings. The number of ether oxygens (including phenoxy) is 6. The van der Waals surface area contributed by atoms with E-state index < -0.39 is 128 Å². The van der Waals surface area contributed by atoms with Gasteiger partial charge in [-0.2, -0.15) is 0 Å². The van der Waals surface area contributed by atoms with Crippen LogP contribution in [0.2, 0.25) is 0 Å². The molecule has 22 atom stereocenters. The van der Waals surface area contributed by atoms with Crippen molar-refractivity contribution in [1.29, 1.82) is 0 Å². The number of likely N-dealkylation sites (N-methyl/N-ethyl adjacent to an activating group) is 4. The second-order valence-electron chi connectivity index (χ2n) is 28.6. The van der Waals surface area contributed by atoms with Crippen molar-refractivity contribution in [3.8, 4) is 0 Å². The number of hydrogen-bond acceptors (Lipinski definition) is 22. The third-order valence-electron chi connectivity index (χ3n) is 23.7. The lowest BCUT2D eigenvalue weighted by Gasteiger charge is -2.48. The topological polar surface area (TPSA) is 367 Å². The van der Waals surface area contributed by atoms with Crippen LogP contribution in [0.3, 0.4) is 0 Å². The van der Waals surface area contributed by atoms with E-state index in [1.54, 1.807) is 27.9 Å². The quantitative estimate of drug-likeness (QED) is 0.0624. The summed E-state index contributed by atoms with van der Waals surface area (Å²) in [6.45, 7) is 9.44. The number of allylic oxidation sites excluding steroid dienone is 4. The summed E-state index contributed by atoms with van der Waals surface area (Å²) >= 11 is 0. The third kappa shape index (κ3) is 11.9. The Bertz CT molecular complexity index is 2770. The van der Waals surface area contributed by atoms with Crippen molar-refractivity contribution in [2.24, 2.45) is 47.3 Å². The van der Waals surface area contributed by atoms with Gasteiger partial charge in [-0.15, -0.1) is 0 Å². The highest BCUT2D eigenvalue weighted by molar-refractivity contribution is 5.99. The molecule has 0 aromatic heterocycles. The highest BCUT2D eigenvalue weighted by atomic mass is 16.6. The minimum atomic E-state index is -1.91. The molecule has 0 saturated carbocycles. The molecule has 540 valence electrons. The summed E-state index contributed by atoms with van der Waals surface area (Å²) < 4.78 is 32.2. The van der Waals surface area contributed by atoms with Crippen LogP contribution in [0.4, 0.5) is 0 Å². The van der Waals surface area contributed by atoms with Crippen molar-refractivity contribution in [3.05, 3.63) is 48.6 Å². The van der Waals surface area contributed by atoms with Crippen LogP contribution >= 0.6 is 0 Å². The second-order valence-corrected chi connectivity index (χ2v) is 28.6. The number of likely N-dealkylation sites (tertiary alicyclic amines) is 4. The fourth-order valence-electron chi connectivity index (χ4n) is 18.7. The molecule has 6 aliphatic heterocycles. The van der Waals surface area contributed by atoms with E-state index in [-0.39, 0.29) is 73.7 Å². The van der Waals surface area contributed by atoms with E-state index in [0.717, 1.165) is 74.0 Å². The van der Waals surface area contributed by atoms with E-state index in [9.17, 15) is 79.2 Å². The largest absolute Gasteiger partial charge is 0.467 e. The SMILES string of the molecule is COC(=O)[C@]1([C@@H](O)[C@@H]2C=CCCC2)N(C)C(=O)[C@@H]2CC(C)O[C@@]21C.COC(=O)[C@]1([C@@H](O)[C@@H]2C=CCCC2)N(C)C(=O)[C@H](CCO)[C@]1(C)O.COC(=O)[C@]1([C@H](O)[C@@H]2C=CCCC2)N(C)C(=O)[C@@H]2CC(C)O[C@@]21C.COC(=O)[C@]1([C@H](O)[C@@H]2C=CCCC2)N(C)C(=O)[C@H](CCO)[C@]1(C)O. The zero-order chi connectivity index (χ0) is 71.6. The smallest absolute Gasteiger partial charge is 0.337 e. The number of aliphatic hydroxyl groups is 8. The molecule has 4 aliphatic carbocycles. The zero-order valence-corrected chi connectivity index (χ0v) is 58.5. The van der Waals surface area contributed by atoms with Gasteiger partial charge in [0.25, 0.3) is 0 Å². The van der Waals surface area contributed by atoms with Gasteiger partial charge in [0, 0.05) is 65.1 Å². The van der Waals surface area contributed by atoms with E-state index in [0.29, 0.717) is 25.7 Å². The summed E-state index contributed by atoms with van der Waals surface area (Å²) in [5.41, 5.74) is -12.8. The fourth-order valence-corrected chi connectivity index (χ4v) is 18.7. The zero-order valence-electron chi connectivity index (χ0n) is 58.5. The Labute approximate surface area is 563 Å². The number of fused-ring (bicyclic) bond motifs is 2. The van der Waals surface area contributed by atoms with Gasteiger partial charge in [0.1, 0.15) is 22.4 Å². The molecule has 6 heterocycles. The predicted molar refractivity (Wildman–Crippen MR) is 346 cm³/mol. The minimum absolute atomic E-state index is 0.00213. The molecule has 4 amide bonds. The van der Waals surface area contributed by atoms with Crippen molar-refractivity contribution >= 4 is 47.5 Å². The Balaban J connectivity index is 0.000000181. The van der Waals surface area contributed by atoms with Gasteiger partial charge < -0.3 is 88.9 Å². The van der Waals surface area contributed by atoms with Crippen LogP contribution in [-0.2, 0) is 66.8 Å². The highest BCUT2D eigenvalue weighted by Crippen LogP contribution is 2.58. The van der Waals surface area contributed by atoms with Gasteiger partial charge in [-0.05, 0) is 144 Å². The van der Waals surface area contributed by atoms with Gasteiger partial charge >= 0.3 is 23.9 Å². The van der Waals surface area contributed by atoms with Gasteiger partial charge in [-0.1, -0.05) is 48.6 Å². The molecule has 96 heavy (non-hydrogen) atoms. The van der Waals surface area contributed by atoms with Crippen molar-refractivity contribution in [3.63, 3.8) is 0 Å². The van der Waals surface area contributed by atoms with Gasteiger partial charge in [0.2, 0.25) is 23.6 Å². The van der Waals surface area contributed by atoms with Gasteiger partial charge in [0.05, 0.1) is 88.7 Å². The second kappa shape index (κ2) is 30.0. The number of carbonyl (C=O) groups is 8. The fraction of sp³-hybridized carbons (Fsp3) is 0.771. The maximum absolute atomic E-state index is 13.0.